The molecule has 1 N–H and O–H groups in total. The van der Waals surface area contributed by atoms with Gasteiger partial charge < -0.3 is 9.84 Å². The lowest BCUT2D eigenvalue weighted by Crippen LogP contribution is -2.37. The molecule has 4 nitrogen and oxygen atoms in total. The van der Waals surface area contributed by atoms with E-state index < -0.39 is 20.7 Å². The number of ether oxygens (including phenoxy) is 1. The average Bonchev–Trinajstić information content (AvgIpc) is 2.35. The Bertz CT molecular complexity index is 567. The summed E-state index contributed by atoms with van der Waals surface area (Å²) in [6, 6.07) is 5.12. The first kappa shape index (κ1) is 17.5. The Hall–Kier alpha value is -0.590. The van der Waals surface area contributed by atoms with Gasteiger partial charge in [0, 0.05) is 6.26 Å². The number of benzene rings is 1. The molecule has 1 aromatic carbocycles. The minimum Gasteiger partial charge on any atom is -0.492 e. The fourth-order valence-electron chi connectivity index (χ4n) is 1.62. The second-order valence-electron chi connectivity index (χ2n) is 5.32. The van der Waals surface area contributed by atoms with Gasteiger partial charge in [0.15, 0.2) is 9.84 Å². The molecule has 0 amide bonds. The molecule has 0 fully saturated rings. The van der Waals surface area contributed by atoms with Gasteiger partial charge in [0.1, 0.15) is 5.75 Å². The quantitative estimate of drug-likeness (QED) is 0.842. The Labute approximate surface area is 129 Å². The fraction of sp³-hybridized carbons (Fsp3) is 0.571. The van der Waals surface area contributed by atoms with E-state index in [-0.39, 0.29) is 0 Å². The topological polar surface area (TPSA) is 63.6 Å². The molecule has 1 aromatic rings. The summed E-state index contributed by atoms with van der Waals surface area (Å²) in [5.41, 5.74) is 0.538. The predicted octanol–water partition coefficient (Wildman–Crippen LogP) is 3.09. The first-order chi connectivity index (χ1) is 9.11. The second kappa shape index (κ2) is 6.45. The maximum atomic E-state index is 11.8. The SMILES string of the molecule is CCCOc1ccc(C(O)C(C)(C)S(C)(=O)=O)cc1Br. The summed E-state index contributed by atoms with van der Waals surface area (Å²) in [7, 11) is -3.38. The molecule has 0 spiro atoms. The van der Waals surface area contributed by atoms with Gasteiger partial charge in [-0.05, 0) is 53.9 Å². The third-order valence-electron chi connectivity index (χ3n) is 3.35. The molecule has 1 rings (SSSR count). The van der Waals surface area contributed by atoms with E-state index in [2.05, 4.69) is 15.9 Å². The van der Waals surface area contributed by atoms with Crippen LogP contribution in [0.15, 0.2) is 22.7 Å². The molecule has 0 radical (unpaired) electrons. The summed E-state index contributed by atoms with van der Waals surface area (Å²) < 4.78 is 28.5. The summed E-state index contributed by atoms with van der Waals surface area (Å²) >= 11 is 3.38. The Kier molecular flexibility index (Phi) is 5.63. The van der Waals surface area contributed by atoms with Crippen LogP contribution in [0.5, 0.6) is 5.75 Å². The van der Waals surface area contributed by atoms with Gasteiger partial charge in [-0.3, -0.25) is 0 Å². The monoisotopic (exact) mass is 364 g/mol. The van der Waals surface area contributed by atoms with Crippen LogP contribution in [0.25, 0.3) is 0 Å². The highest BCUT2D eigenvalue weighted by Crippen LogP contribution is 2.35. The minimum atomic E-state index is -3.38. The van der Waals surface area contributed by atoms with E-state index in [9.17, 15) is 13.5 Å². The first-order valence-electron chi connectivity index (χ1n) is 6.41. The molecule has 20 heavy (non-hydrogen) atoms. The summed E-state index contributed by atoms with van der Waals surface area (Å²) in [6.45, 7) is 5.65. The van der Waals surface area contributed by atoms with E-state index in [1.165, 1.54) is 13.8 Å². The van der Waals surface area contributed by atoms with Gasteiger partial charge in [-0.2, -0.15) is 0 Å². The number of hydrogen-bond acceptors (Lipinski definition) is 4. The molecule has 1 atom stereocenters. The molecule has 1 unspecified atom stereocenters. The Morgan fingerprint density at radius 3 is 2.45 bits per heavy atom. The first-order valence-corrected chi connectivity index (χ1v) is 9.09. The predicted molar refractivity (Wildman–Crippen MR) is 83.8 cm³/mol. The zero-order valence-electron chi connectivity index (χ0n) is 12.2. The van der Waals surface area contributed by atoms with E-state index >= 15 is 0 Å². The van der Waals surface area contributed by atoms with Crippen LogP contribution in [0.3, 0.4) is 0 Å². The zero-order chi connectivity index (χ0) is 15.6. The lowest BCUT2D eigenvalue weighted by molar-refractivity contribution is 0.139. The lowest BCUT2D eigenvalue weighted by atomic mass is 9.98. The Morgan fingerprint density at radius 2 is 2.00 bits per heavy atom. The van der Waals surface area contributed by atoms with Crippen LogP contribution < -0.4 is 4.74 Å². The van der Waals surface area contributed by atoms with Crippen molar-refractivity contribution in [2.24, 2.45) is 0 Å². The molecule has 0 aliphatic heterocycles. The normalized spacial score (nSPS) is 14.1. The standard InChI is InChI=1S/C14H21BrO4S/c1-5-8-19-12-7-6-10(9-11(12)15)13(16)14(2,3)20(4,17)18/h6-7,9,13,16H,5,8H2,1-4H3. The van der Waals surface area contributed by atoms with Crippen LogP contribution in [0, 0.1) is 0 Å². The highest BCUT2D eigenvalue weighted by atomic mass is 79.9. The molecule has 6 heteroatoms. The van der Waals surface area contributed by atoms with Gasteiger partial charge >= 0.3 is 0 Å². The van der Waals surface area contributed by atoms with E-state index in [0.29, 0.717) is 22.4 Å². The van der Waals surface area contributed by atoms with Crippen molar-refractivity contribution < 1.29 is 18.3 Å². The molecule has 0 bridgehead atoms. The summed E-state index contributed by atoms with van der Waals surface area (Å²) in [4.78, 5) is 0. The zero-order valence-corrected chi connectivity index (χ0v) is 14.6. The molecule has 0 aromatic heterocycles. The van der Waals surface area contributed by atoms with Crippen molar-refractivity contribution >= 4 is 25.8 Å². The molecular weight excluding hydrogens is 344 g/mol. The van der Waals surface area contributed by atoms with E-state index in [4.69, 9.17) is 4.74 Å². The number of halogens is 1. The maximum absolute atomic E-state index is 11.8. The van der Waals surface area contributed by atoms with Crippen LogP contribution in [0.4, 0.5) is 0 Å². The third kappa shape index (κ3) is 3.74. The second-order valence-corrected chi connectivity index (χ2v) is 8.77. The van der Waals surface area contributed by atoms with Gasteiger partial charge in [-0.15, -0.1) is 0 Å². The van der Waals surface area contributed by atoms with Crippen molar-refractivity contribution in [3.05, 3.63) is 28.2 Å². The van der Waals surface area contributed by atoms with Crippen molar-refractivity contribution in [1.29, 1.82) is 0 Å². The van der Waals surface area contributed by atoms with E-state index in [1.54, 1.807) is 18.2 Å². The highest BCUT2D eigenvalue weighted by Gasteiger charge is 2.39. The molecule has 0 heterocycles. The molecule has 0 saturated heterocycles. The lowest BCUT2D eigenvalue weighted by Gasteiger charge is -2.29. The summed E-state index contributed by atoms with van der Waals surface area (Å²) in [5.74, 6) is 0.681. The highest BCUT2D eigenvalue weighted by molar-refractivity contribution is 9.10. The van der Waals surface area contributed by atoms with Gasteiger partial charge in [-0.25, -0.2) is 8.42 Å². The van der Waals surface area contributed by atoms with Gasteiger partial charge in [-0.1, -0.05) is 13.0 Å². The number of sulfone groups is 1. The number of rotatable bonds is 6. The van der Waals surface area contributed by atoms with E-state index in [0.717, 1.165) is 12.7 Å². The van der Waals surface area contributed by atoms with Crippen molar-refractivity contribution in [1.82, 2.24) is 0 Å². The van der Waals surface area contributed by atoms with Crippen LogP contribution in [0.2, 0.25) is 0 Å². The van der Waals surface area contributed by atoms with Crippen molar-refractivity contribution in [3.8, 4) is 5.75 Å². The molecule has 114 valence electrons. The van der Waals surface area contributed by atoms with Crippen LogP contribution >= 0.6 is 15.9 Å². The van der Waals surface area contributed by atoms with Crippen molar-refractivity contribution in [2.45, 2.75) is 38.0 Å². The maximum Gasteiger partial charge on any atom is 0.155 e. The van der Waals surface area contributed by atoms with Gasteiger partial charge in [0.25, 0.3) is 0 Å². The largest absolute Gasteiger partial charge is 0.492 e. The minimum absolute atomic E-state index is 0.538. The van der Waals surface area contributed by atoms with Crippen molar-refractivity contribution in [3.63, 3.8) is 0 Å². The van der Waals surface area contributed by atoms with Crippen LogP contribution in [-0.2, 0) is 9.84 Å². The number of aliphatic hydroxyl groups is 1. The average molecular weight is 365 g/mol. The van der Waals surface area contributed by atoms with Crippen LogP contribution in [0.1, 0.15) is 38.9 Å². The van der Waals surface area contributed by atoms with Crippen LogP contribution in [-0.4, -0.2) is 31.1 Å². The fourth-order valence-corrected chi connectivity index (χ4v) is 2.67. The Morgan fingerprint density at radius 1 is 1.40 bits per heavy atom. The molecule has 0 saturated carbocycles. The van der Waals surface area contributed by atoms with E-state index in [1.807, 2.05) is 6.92 Å². The third-order valence-corrected chi connectivity index (χ3v) is 6.10. The summed E-state index contributed by atoms with van der Waals surface area (Å²) in [6.07, 6.45) is 0.927. The molecule has 0 aliphatic carbocycles. The van der Waals surface area contributed by atoms with Gasteiger partial charge in [0.2, 0.25) is 0 Å². The molecular formula is C14H21BrO4S. The van der Waals surface area contributed by atoms with Crippen molar-refractivity contribution in [2.75, 3.05) is 12.9 Å². The number of aliphatic hydroxyl groups excluding tert-OH is 1. The molecule has 0 aliphatic rings. The van der Waals surface area contributed by atoms with Gasteiger partial charge in [0.05, 0.1) is 21.9 Å². The smallest absolute Gasteiger partial charge is 0.155 e. The summed E-state index contributed by atoms with van der Waals surface area (Å²) in [5, 5.41) is 10.3. The number of hydrogen-bond donors (Lipinski definition) is 1. The Balaban J connectivity index is 3.07.